The highest BCUT2D eigenvalue weighted by Crippen LogP contribution is 2.49. The number of aryl methyl sites for hydroxylation is 1. The largest absolute Gasteiger partial charge is 0.325 e. The Morgan fingerprint density at radius 1 is 1.22 bits per heavy atom. The lowest BCUT2D eigenvalue weighted by Crippen LogP contribution is -2.33. The Morgan fingerprint density at radius 2 is 1.70 bits per heavy atom. The van der Waals surface area contributed by atoms with E-state index in [0.29, 0.717) is 5.92 Å². The molecule has 1 aromatic rings. The van der Waals surface area contributed by atoms with Crippen molar-refractivity contribution >= 4 is 10.1 Å². The van der Waals surface area contributed by atoms with Gasteiger partial charge in [-0.25, -0.2) is 0 Å². The maximum atomic E-state index is 10.5. The average molecular weight is 335 g/mol. The molecule has 0 heterocycles. The highest BCUT2D eigenvalue weighted by molar-refractivity contribution is 7.85. The molecular weight excluding hydrogens is 310 g/mol. The van der Waals surface area contributed by atoms with Gasteiger partial charge in [0.15, 0.2) is 0 Å². The van der Waals surface area contributed by atoms with Gasteiger partial charge >= 0.3 is 0 Å². The van der Waals surface area contributed by atoms with Crippen LogP contribution >= 0.6 is 0 Å². The van der Waals surface area contributed by atoms with Crippen molar-refractivity contribution in [2.75, 3.05) is 0 Å². The van der Waals surface area contributed by atoms with E-state index in [1.54, 1.807) is 12.1 Å². The molecule has 4 atom stereocenters. The highest BCUT2D eigenvalue weighted by Gasteiger charge is 2.44. The molecule has 126 valence electrons. The van der Waals surface area contributed by atoms with Gasteiger partial charge in [-0.1, -0.05) is 17.7 Å². The highest BCUT2D eigenvalue weighted by atomic mass is 32.2. The van der Waals surface area contributed by atoms with Gasteiger partial charge in [0, 0.05) is 11.5 Å². The maximum absolute atomic E-state index is 10.5. The number of fused-ring (bicyclic) bond motifs is 1. The van der Waals surface area contributed by atoms with Gasteiger partial charge in [-0.05, 0) is 63.5 Å². The van der Waals surface area contributed by atoms with E-state index in [2.05, 4.69) is 12.8 Å². The molecular formula is C18H25NO3S. The van der Waals surface area contributed by atoms with E-state index in [0.717, 1.165) is 17.4 Å². The Labute approximate surface area is 139 Å². The first kappa shape index (κ1) is 18.0. The summed E-state index contributed by atoms with van der Waals surface area (Å²) in [6.07, 6.45) is 10.3. The third-order valence-corrected chi connectivity index (χ3v) is 5.72. The van der Waals surface area contributed by atoms with Crippen LogP contribution in [0.1, 0.15) is 38.2 Å². The van der Waals surface area contributed by atoms with Crippen LogP contribution < -0.4 is 5.73 Å². The molecule has 0 aromatic heterocycles. The summed E-state index contributed by atoms with van der Waals surface area (Å²) in [6.45, 7) is 4.02. The maximum Gasteiger partial charge on any atom is 0.294 e. The Kier molecular flexibility index (Phi) is 5.20. The minimum absolute atomic E-state index is 0.0666. The van der Waals surface area contributed by atoms with Crippen molar-refractivity contribution in [2.45, 2.75) is 50.0 Å². The monoisotopic (exact) mass is 335 g/mol. The first-order chi connectivity index (χ1) is 10.6. The van der Waals surface area contributed by atoms with E-state index in [9.17, 15) is 8.42 Å². The van der Waals surface area contributed by atoms with E-state index in [1.807, 2.05) is 6.92 Å². The van der Waals surface area contributed by atoms with Crippen molar-refractivity contribution in [3.05, 3.63) is 29.8 Å². The van der Waals surface area contributed by atoms with Crippen LogP contribution in [0.5, 0.6) is 0 Å². The summed E-state index contributed by atoms with van der Waals surface area (Å²) in [5, 5.41) is 0. The number of hydrogen-bond donors (Lipinski definition) is 2. The van der Waals surface area contributed by atoms with Crippen LogP contribution in [0.25, 0.3) is 0 Å². The van der Waals surface area contributed by atoms with Crippen molar-refractivity contribution in [1.29, 1.82) is 0 Å². The quantitative estimate of drug-likeness (QED) is 0.611. The summed E-state index contributed by atoms with van der Waals surface area (Å²) >= 11 is 0. The Balaban J connectivity index is 0.000000168. The fourth-order valence-corrected chi connectivity index (χ4v) is 4.32. The lowest BCUT2D eigenvalue weighted by molar-refractivity contribution is 0.424. The predicted octanol–water partition coefficient (Wildman–Crippen LogP) is 3.01. The van der Waals surface area contributed by atoms with E-state index in [-0.39, 0.29) is 10.4 Å². The topological polar surface area (TPSA) is 80.4 Å². The molecule has 2 fully saturated rings. The third-order valence-electron chi connectivity index (χ3n) is 4.85. The van der Waals surface area contributed by atoms with Crippen molar-refractivity contribution in [1.82, 2.24) is 0 Å². The lowest BCUT2D eigenvalue weighted by atomic mass is 9.95. The SMILES string of the molecule is C#CC1C[C@@H]2C[C@@](C)(N)C[C@@H]2C1.Cc1ccc(S(=O)(=O)O)cc1. The average Bonchev–Trinajstić information content (AvgIpc) is 2.91. The molecule has 0 radical (unpaired) electrons. The number of terminal acetylenes is 1. The zero-order valence-electron chi connectivity index (χ0n) is 13.7. The summed E-state index contributed by atoms with van der Waals surface area (Å²) in [4.78, 5) is -0.0666. The molecule has 0 aliphatic heterocycles. The molecule has 23 heavy (non-hydrogen) atoms. The van der Waals surface area contributed by atoms with E-state index < -0.39 is 10.1 Å². The zero-order valence-corrected chi connectivity index (χ0v) is 14.5. The molecule has 0 saturated heterocycles. The summed E-state index contributed by atoms with van der Waals surface area (Å²) in [5.41, 5.74) is 7.17. The van der Waals surface area contributed by atoms with Gasteiger partial charge in [0.1, 0.15) is 0 Å². The fraction of sp³-hybridized carbons (Fsp3) is 0.556. The molecule has 2 aliphatic rings. The third kappa shape index (κ3) is 4.81. The van der Waals surface area contributed by atoms with Crippen LogP contribution in [0.2, 0.25) is 0 Å². The minimum atomic E-state index is -4.02. The molecule has 2 aliphatic carbocycles. The molecule has 2 saturated carbocycles. The fourth-order valence-electron chi connectivity index (χ4n) is 3.84. The number of hydrogen-bond acceptors (Lipinski definition) is 3. The normalized spacial score (nSPS) is 32.6. The van der Waals surface area contributed by atoms with Crippen molar-refractivity contribution in [3.8, 4) is 12.3 Å². The molecule has 0 bridgehead atoms. The van der Waals surface area contributed by atoms with Gasteiger partial charge in [-0.3, -0.25) is 4.55 Å². The van der Waals surface area contributed by atoms with Crippen molar-refractivity contribution < 1.29 is 13.0 Å². The molecule has 0 amide bonds. The molecule has 4 nitrogen and oxygen atoms in total. The second kappa shape index (κ2) is 6.64. The standard InChI is InChI=1S/C11H17N.C7H8O3S/c1-3-8-4-9-6-11(2,12)7-10(9)5-8;1-6-2-4-7(5-3-6)11(8,9)10/h1,8-10H,4-7,12H2,2H3;2-5H,1H3,(H,8,9,10)/t8?,9-,10+,11-;. The van der Waals surface area contributed by atoms with Crippen LogP contribution in [0.3, 0.4) is 0 Å². The van der Waals surface area contributed by atoms with E-state index in [1.165, 1.54) is 37.8 Å². The lowest BCUT2D eigenvalue weighted by Gasteiger charge is -2.18. The van der Waals surface area contributed by atoms with Crippen LogP contribution in [-0.4, -0.2) is 18.5 Å². The van der Waals surface area contributed by atoms with E-state index in [4.69, 9.17) is 16.7 Å². The Bertz CT molecular complexity index is 670. The van der Waals surface area contributed by atoms with Gasteiger partial charge in [-0.15, -0.1) is 12.3 Å². The summed E-state index contributed by atoms with van der Waals surface area (Å²) in [6, 6.07) is 5.99. The summed E-state index contributed by atoms with van der Waals surface area (Å²) in [7, 11) is -4.02. The second-order valence-electron chi connectivity index (χ2n) is 7.21. The number of nitrogens with two attached hydrogens (primary N) is 1. The van der Waals surface area contributed by atoms with Crippen LogP contribution in [-0.2, 0) is 10.1 Å². The second-order valence-corrected chi connectivity index (χ2v) is 8.63. The zero-order chi connectivity index (χ0) is 17.3. The summed E-state index contributed by atoms with van der Waals surface area (Å²) in [5.74, 6) is 5.10. The Hall–Kier alpha value is -1.35. The molecule has 0 spiro atoms. The van der Waals surface area contributed by atoms with Crippen LogP contribution in [0.15, 0.2) is 29.2 Å². The molecule has 1 unspecified atom stereocenters. The smallest absolute Gasteiger partial charge is 0.294 e. The molecule has 3 rings (SSSR count). The first-order valence-electron chi connectivity index (χ1n) is 7.90. The van der Waals surface area contributed by atoms with Crippen LogP contribution in [0.4, 0.5) is 0 Å². The Morgan fingerprint density at radius 3 is 2.09 bits per heavy atom. The number of rotatable bonds is 1. The van der Waals surface area contributed by atoms with Crippen molar-refractivity contribution in [2.24, 2.45) is 23.5 Å². The first-order valence-corrected chi connectivity index (χ1v) is 9.34. The molecule has 1 aromatic carbocycles. The predicted molar refractivity (Wildman–Crippen MR) is 91.4 cm³/mol. The van der Waals surface area contributed by atoms with Gasteiger partial charge < -0.3 is 5.73 Å². The van der Waals surface area contributed by atoms with Gasteiger partial charge in [0.05, 0.1) is 4.90 Å². The van der Waals surface area contributed by atoms with Gasteiger partial charge in [-0.2, -0.15) is 8.42 Å². The van der Waals surface area contributed by atoms with Crippen LogP contribution in [0, 0.1) is 37.0 Å². The minimum Gasteiger partial charge on any atom is -0.325 e. The summed E-state index contributed by atoms with van der Waals surface area (Å²) < 4.78 is 29.6. The number of benzene rings is 1. The molecule has 5 heteroatoms. The van der Waals surface area contributed by atoms with E-state index >= 15 is 0 Å². The molecule has 3 N–H and O–H groups in total. The van der Waals surface area contributed by atoms with Crippen molar-refractivity contribution in [3.63, 3.8) is 0 Å². The van der Waals surface area contributed by atoms with Gasteiger partial charge in [0.2, 0.25) is 0 Å². The van der Waals surface area contributed by atoms with Gasteiger partial charge in [0.25, 0.3) is 10.1 Å².